The second kappa shape index (κ2) is 21.6. The highest BCUT2D eigenvalue weighted by molar-refractivity contribution is 6.50. The number of nitrogens with zero attached hydrogens (tertiary/aromatic N) is 3. The van der Waals surface area contributed by atoms with Crippen molar-refractivity contribution in [3.8, 4) is 22.4 Å². The standard InChI is InChI=1S/C28H40N3.3BF4/c1-4-6-8-10-17-30-20-13-25(14-21-30)27-12-19-29(3)28(24-27)26-15-22-31(23-16-26)18-11-9-7-5-2;3*2-1(3,4)5/h12-16,19-24H,4-11,17-18H2,1-3H3;;;/q+3;3*-1. The molecule has 0 saturated carbocycles. The second-order valence-corrected chi connectivity index (χ2v) is 10.2. The maximum absolute atomic E-state index is 9.75. The Balaban J connectivity index is 0.00000112. The van der Waals surface area contributed by atoms with E-state index in [1.54, 1.807) is 0 Å². The fourth-order valence-electron chi connectivity index (χ4n) is 4.05. The number of aryl methyl sites for hydroxylation is 3. The normalized spacial score (nSPS) is 11.4. The summed E-state index contributed by atoms with van der Waals surface area (Å²) in [6.07, 6.45) is 21.4. The number of hydrogen-bond acceptors (Lipinski definition) is 0. The number of halogens is 12. The van der Waals surface area contributed by atoms with Gasteiger partial charge in [-0.3, -0.25) is 0 Å². The Bertz CT molecular complexity index is 1180. The van der Waals surface area contributed by atoms with Crippen molar-refractivity contribution in [2.75, 3.05) is 0 Å². The Morgan fingerprint density at radius 3 is 1.13 bits per heavy atom. The van der Waals surface area contributed by atoms with Gasteiger partial charge in [-0.05, 0) is 24.0 Å². The molecule has 0 radical (unpaired) electrons. The van der Waals surface area contributed by atoms with Crippen molar-refractivity contribution in [3.63, 3.8) is 0 Å². The SMILES string of the molecule is CCCCCC[n+]1ccc(-c2cc[n+](C)c(-c3cc[n+](CCCCCC)cc3)c2)cc1.F[B-](F)(F)F.F[B-](F)(F)F.F[B-](F)(F)F. The van der Waals surface area contributed by atoms with Gasteiger partial charge in [0, 0.05) is 49.2 Å². The van der Waals surface area contributed by atoms with Gasteiger partial charge in [0.1, 0.15) is 20.1 Å². The first-order chi connectivity index (χ1) is 21.2. The lowest BCUT2D eigenvalue weighted by molar-refractivity contribution is -0.697. The van der Waals surface area contributed by atoms with E-state index in [2.05, 4.69) is 102 Å². The predicted molar refractivity (Wildman–Crippen MR) is 158 cm³/mol. The zero-order chi connectivity index (χ0) is 35.4. The van der Waals surface area contributed by atoms with Crippen LogP contribution in [0.15, 0.2) is 67.4 Å². The Morgan fingerprint density at radius 1 is 0.457 bits per heavy atom. The first kappa shape index (κ1) is 42.8. The molecule has 46 heavy (non-hydrogen) atoms. The first-order valence-electron chi connectivity index (χ1n) is 14.8. The smallest absolute Gasteiger partial charge is 0.418 e. The molecule has 0 aromatic carbocycles. The minimum Gasteiger partial charge on any atom is -0.418 e. The van der Waals surface area contributed by atoms with Crippen molar-refractivity contribution in [1.82, 2.24) is 0 Å². The quantitative estimate of drug-likeness (QED) is 0.0783. The molecule has 0 aliphatic heterocycles. The fourth-order valence-corrected chi connectivity index (χ4v) is 4.05. The first-order valence-corrected chi connectivity index (χ1v) is 14.8. The molecule has 3 heterocycles. The molecule has 0 spiro atoms. The largest absolute Gasteiger partial charge is 0.673 e. The van der Waals surface area contributed by atoms with Crippen molar-refractivity contribution >= 4 is 21.8 Å². The number of aromatic nitrogens is 3. The Kier molecular flexibility index (Phi) is 20.1. The minimum absolute atomic E-state index is 1.11. The van der Waals surface area contributed by atoms with Crippen molar-refractivity contribution in [2.45, 2.75) is 78.3 Å². The molecule has 3 nitrogen and oxygen atoms in total. The Labute approximate surface area is 262 Å². The van der Waals surface area contributed by atoms with Crippen LogP contribution in [0.3, 0.4) is 0 Å². The van der Waals surface area contributed by atoms with Gasteiger partial charge in [0.25, 0.3) is 0 Å². The van der Waals surface area contributed by atoms with Crippen LogP contribution in [-0.2, 0) is 20.1 Å². The number of unbranched alkanes of at least 4 members (excludes halogenated alkanes) is 6. The van der Waals surface area contributed by atoms with Crippen molar-refractivity contribution < 1.29 is 65.5 Å². The lowest BCUT2D eigenvalue weighted by atomic mass is 10.0. The summed E-state index contributed by atoms with van der Waals surface area (Å²) in [4.78, 5) is 0. The van der Waals surface area contributed by atoms with Crippen LogP contribution in [0.2, 0.25) is 0 Å². The average Bonchev–Trinajstić information content (AvgIpc) is 2.92. The molecule has 0 amide bonds. The molecule has 0 unspecified atom stereocenters. The van der Waals surface area contributed by atoms with Crippen LogP contribution in [0.5, 0.6) is 0 Å². The molecule has 0 atom stereocenters. The minimum atomic E-state index is -6.00. The molecule has 3 aromatic heterocycles. The average molecular weight is 679 g/mol. The lowest BCUT2D eigenvalue weighted by Crippen LogP contribution is -2.34. The maximum atomic E-state index is 9.75. The number of pyridine rings is 3. The van der Waals surface area contributed by atoms with E-state index in [4.69, 9.17) is 0 Å². The van der Waals surface area contributed by atoms with E-state index in [-0.39, 0.29) is 0 Å². The molecule has 0 N–H and O–H groups in total. The van der Waals surface area contributed by atoms with Crippen LogP contribution in [0, 0.1) is 0 Å². The zero-order valence-electron chi connectivity index (χ0n) is 26.0. The van der Waals surface area contributed by atoms with E-state index in [9.17, 15) is 51.8 Å². The summed E-state index contributed by atoms with van der Waals surface area (Å²) in [5.41, 5.74) is 5.04. The van der Waals surface area contributed by atoms with Crippen LogP contribution >= 0.6 is 0 Å². The van der Waals surface area contributed by atoms with Crippen LogP contribution in [-0.4, -0.2) is 21.8 Å². The topological polar surface area (TPSA) is 11.6 Å². The molecule has 0 saturated heterocycles. The van der Waals surface area contributed by atoms with E-state index < -0.39 is 21.8 Å². The van der Waals surface area contributed by atoms with E-state index in [0.29, 0.717) is 0 Å². The molecule has 3 aromatic rings. The molecule has 18 heteroatoms. The summed E-state index contributed by atoms with van der Waals surface area (Å²) in [6, 6.07) is 13.5. The van der Waals surface area contributed by atoms with Crippen LogP contribution in [0.25, 0.3) is 22.4 Å². The Hall–Kier alpha value is -3.20. The van der Waals surface area contributed by atoms with Crippen LogP contribution in [0.4, 0.5) is 51.8 Å². The third kappa shape index (κ3) is 26.1. The van der Waals surface area contributed by atoms with E-state index in [1.165, 1.54) is 73.8 Å². The fraction of sp³-hybridized carbons (Fsp3) is 0.464. The monoisotopic (exact) mass is 679 g/mol. The highest BCUT2D eigenvalue weighted by Crippen LogP contribution is 2.22. The molecule has 0 bridgehead atoms. The van der Waals surface area contributed by atoms with Gasteiger partial charge in [-0.2, -0.15) is 0 Å². The summed E-state index contributed by atoms with van der Waals surface area (Å²) in [5.74, 6) is 0. The van der Waals surface area contributed by atoms with Gasteiger partial charge in [0.05, 0.1) is 5.56 Å². The predicted octanol–water partition coefficient (Wildman–Crippen LogP) is 9.48. The maximum Gasteiger partial charge on any atom is 0.673 e. The highest BCUT2D eigenvalue weighted by Gasteiger charge is 2.21. The molecule has 3 rings (SSSR count). The summed E-state index contributed by atoms with van der Waals surface area (Å²) < 4.78 is 124. The van der Waals surface area contributed by atoms with E-state index in [1.807, 2.05) is 0 Å². The van der Waals surface area contributed by atoms with Gasteiger partial charge in [0.15, 0.2) is 31.0 Å². The zero-order valence-corrected chi connectivity index (χ0v) is 26.0. The molecule has 0 fully saturated rings. The Morgan fingerprint density at radius 2 is 0.783 bits per heavy atom. The molecular formula is C28H40B3F12N3. The molecule has 260 valence electrons. The molecule has 0 aliphatic carbocycles. The number of rotatable bonds is 12. The molecular weight excluding hydrogens is 639 g/mol. The van der Waals surface area contributed by atoms with Crippen molar-refractivity contribution in [1.29, 1.82) is 0 Å². The van der Waals surface area contributed by atoms with Crippen molar-refractivity contribution in [3.05, 3.63) is 67.4 Å². The van der Waals surface area contributed by atoms with Gasteiger partial charge in [0.2, 0.25) is 5.69 Å². The summed E-state index contributed by atoms with van der Waals surface area (Å²) in [5, 5.41) is 0. The van der Waals surface area contributed by atoms with Gasteiger partial charge in [-0.25, -0.2) is 13.7 Å². The van der Waals surface area contributed by atoms with Crippen molar-refractivity contribution in [2.24, 2.45) is 7.05 Å². The molecule has 0 aliphatic rings. The van der Waals surface area contributed by atoms with Gasteiger partial charge in [-0.15, -0.1) is 0 Å². The second-order valence-electron chi connectivity index (χ2n) is 10.2. The van der Waals surface area contributed by atoms with E-state index in [0.717, 1.165) is 13.1 Å². The van der Waals surface area contributed by atoms with Gasteiger partial charge in [-0.1, -0.05) is 39.5 Å². The van der Waals surface area contributed by atoms with Crippen LogP contribution < -0.4 is 13.7 Å². The van der Waals surface area contributed by atoms with Gasteiger partial charge >= 0.3 is 21.8 Å². The third-order valence-corrected chi connectivity index (χ3v) is 6.10. The van der Waals surface area contributed by atoms with Crippen LogP contribution in [0.1, 0.15) is 65.2 Å². The van der Waals surface area contributed by atoms with Gasteiger partial charge < -0.3 is 51.8 Å². The summed E-state index contributed by atoms with van der Waals surface area (Å²) >= 11 is 0. The number of hydrogen-bond donors (Lipinski definition) is 0. The highest BCUT2D eigenvalue weighted by atomic mass is 19.5. The summed E-state index contributed by atoms with van der Waals surface area (Å²) in [7, 11) is -15.9. The van der Waals surface area contributed by atoms with E-state index >= 15 is 0 Å². The summed E-state index contributed by atoms with van der Waals surface area (Å²) in [6.45, 7) is 6.74. The lowest BCUT2D eigenvalue weighted by Gasteiger charge is -2.05. The third-order valence-electron chi connectivity index (χ3n) is 6.10.